The number of carboxylic acids is 1. The van der Waals surface area contributed by atoms with Crippen molar-refractivity contribution in [1.82, 2.24) is 4.90 Å². The standard InChI is InChI=1S/C15H19NO4/c1-11(2)20-15(19)16(3)10-13-6-4-12(5-7-13)8-9-14(17)18/h4-9,11H,10H2,1-3H3,(H,17,18). The molecule has 0 aliphatic heterocycles. The number of carbonyl (C=O) groups excluding carboxylic acids is 1. The van der Waals surface area contributed by atoms with Crippen LogP contribution in [0.2, 0.25) is 0 Å². The van der Waals surface area contributed by atoms with Crippen molar-refractivity contribution in [2.75, 3.05) is 7.05 Å². The minimum Gasteiger partial charge on any atom is -0.478 e. The van der Waals surface area contributed by atoms with Crippen molar-refractivity contribution in [2.45, 2.75) is 26.5 Å². The molecule has 108 valence electrons. The van der Waals surface area contributed by atoms with E-state index in [2.05, 4.69) is 0 Å². The average Bonchev–Trinajstić information content (AvgIpc) is 2.37. The van der Waals surface area contributed by atoms with Crippen LogP contribution in [-0.2, 0) is 16.1 Å². The van der Waals surface area contributed by atoms with Crippen LogP contribution < -0.4 is 0 Å². The lowest BCUT2D eigenvalue weighted by atomic mass is 10.1. The molecule has 0 spiro atoms. The van der Waals surface area contributed by atoms with E-state index >= 15 is 0 Å². The van der Waals surface area contributed by atoms with Crippen molar-refractivity contribution < 1.29 is 19.4 Å². The molecule has 5 nitrogen and oxygen atoms in total. The van der Waals surface area contributed by atoms with Gasteiger partial charge < -0.3 is 14.7 Å². The third-order valence-corrected chi connectivity index (χ3v) is 2.47. The highest BCUT2D eigenvalue weighted by molar-refractivity contribution is 5.85. The Labute approximate surface area is 118 Å². The van der Waals surface area contributed by atoms with E-state index in [0.29, 0.717) is 6.54 Å². The van der Waals surface area contributed by atoms with Crippen LogP contribution in [0.1, 0.15) is 25.0 Å². The van der Waals surface area contributed by atoms with E-state index in [1.165, 1.54) is 11.0 Å². The first-order chi connectivity index (χ1) is 9.38. The monoisotopic (exact) mass is 277 g/mol. The number of hydrogen-bond donors (Lipinski definition) is 1. The summed E-state index contributed by atoms with van der Waals surface area (Å²) in [4.78, 5) is 23.5. The van der Waals surface area contributed by atoms with Crippen LogP contribution in [0.25, 0.3) is 6.08 Å². The molecule has 0 radical (unpaired) electrons. The molecule has 0 aliphatic carbocycles. The molecule has 0 heterocycles. The second-order valence-corrected chi connectivity index (χ2v) is 4.70. The number of amides is 1. The number of carbonyl (C=O) groups is 2. The normalized spacial score (nSPS) is 10.8. The smallest absolute Gasteiger partial charge is 0.410 e. The summed E-state index contributed by atoms with van der Waals surface area (Å²) < 4.78 is 5.08. The predicted molar refractivity (Wildman–Crippen MR) is 76.2 cm³/mol. The fourth-order valence-corrected chi connectivity index (χ4v) is 1.53. The van der Waals surface area contributed by atoms with Gasteiger partial charge in [-0.15, -0.1) is 0 Å². The molecular weight excluding hydrogens is 258 g/mol. The highest BCUT2D eigenvalue weighted by Crippen LogP contribution is 2.09. The lowest BCUT2D eigenvalue weighted by Gasteiger charge is -2.18. The topological polar surface area (TPSA) is 66.8 Å². The summed E-state index contributed by atoms with van der Waals surface area (Å²) >= 11 is 0. The number of nitrogens with zero attached hydrogens (tertiary/aromatic N) is 1. The Morgan fingerprint density at radius 1 is 1.30 bits per heavy atom. The van der Waals surface area contributed by atoms with Crippen molar-refractivity contribution in [1.29, 1.82) is 0 Å². The first-order valence-electron chi connectivity index (χ1n) is 6.30. The van der Waals surface area contributed by atoms with Gasteiger partial charge in [-0.1, -0.05) is 24.3 Å². The van der Waals surface area contributed by atoms with Crippen LogP contribution in [0.4, 0.5) is 4.79 Å². The van der Waals surface area contributed by atoms with Crippen LogP contribution in [0, 0.1) is 0 Å². The van der Waals surface area contributed by atoms with Gasteiger partial charge in [-0.3, -0.25) is 0 Å². The predicted octanol–water partition coefficient (Wildman–Crippen LogP) is 2.76. The fraction of sp³-hybridized carbons (Fsp3) is 0.333. The minimum atomic E-state index is -0.981. The van der Waals surface area contributed by atoms with Crippen LogP contribution in [0.3, 0.4) is 0 Å². The first kappa shape index (κ1) is 15.8. The van der Waals surface area contributed by atoms with E-state index < -0.39 is 5.97 Å². The SMILES string of the molecule is CC(C)OC(=O)N(C)Cc1ccc(C=CC(=O)O)cc1. The van der Waals surface area contributed by atoms with Crippen LogP contribution in [0.5, 0.6) is 0 Å². The zero-order valence-corrected chi connectivity index (χ0v) is 11.9. The second kappa shape index (κ2) is 7.33. The fourth-order valence-electron chi connectivity index (χ4n) is 1.53. The molecule has 1 rings (SSSR count). The van der Waals surface area contributed by atoms with E-state index in [4.69, 9.17) is 9.84 Å². The number of benzene rings is 1. The van der Waals surface area contributed by atoms with Gasteiger partial charge in [0.1, 0.15) is 0 Å². The van der Waals surface area contributed by atoms with Crippen LogP contribution >= 0.6 is 0 Å². The van der Waals surface area contributed by atoms with Gasteiger partial charge in [0.15, 0.2) is 0 Å². The van der Waals surface area contributed by atoms with Gasteiger partial charge in [-0.05, 0) is 31.1 Å². The molecule has 0 unspecified atom stereocenters. The number of rotatable bonds is 5. The quantitative estimate of drug-likeness (QED) is 0.840. The Morgan fingerprint density at radius 3 is 2.40 bits per heavy atom. The largest absolute Gasteiger partial charge is 0.478 e. The summed E-state index contributed by atoms with van der Waals surface area (Å²) in [6, 6.07) is 7.30. The van der Waals surface area contributed by atoms with Crippen molar-refractivity contribution in [3.8, 4) is 0 Å². The van der Waals surface area contributed by atoms with Gasteiger partial charge in [-0.25, -0.2) is 9.59 Å². The Hall–Kier alpha value is -2.30. The second-order valence-electron chi connectivity index (χ2n) is 4.70. The summed E-state index contributed by atoms with van der Waals surface area (Å²) in [5.41, 5.74) is 1.74. The summed E-state index contributed by atoms with van der Waals surface area (Å²) in [7, 11) is 1.67. The van der Waals surface area contributed by atoms with Gasteiger partial charge in [0.25, 0.3) is 0 Å². The molecule has 1 amide bonds. The van der Waals surface area contributed by atoms with E-state index in [-0.39, 0.29) is 12.2 Å². The third kappa shape index (κ3) is 5.56. The molecule has 0 saturated heterocycles. The first-order valence-corrected chi connectivity index (χ1v) is 6.30. The highest BCUT2D eigenvalue weighted by atomic mass is 16.6. The van der Waals surface area contributed by atoms with Crippen molar-refractivity contribution in [3.63, 3.8) is 0 Å². The number of ether oxygens (including phenoxy) is 1. The molecule has 0 aliphatic rings. The molecule has 0 aromatic heterocycles. The van der Waals surface area contributed by atoms with E-state index in [9.17, 15) is 9.59 Å². The highest BCUT2D eigenvalue weighted by Gasteiger charge is 2.11. The molecule has 0 saturated carbocycles. The number of hydrogen-bond acceptors (Lipinski definition) is 3. The van der Waals surface area contributed by atoms with E-state index in [1.54, 1.807) is 33.0 Å². The van der Waals surface area contributed by atoms with E-state index in [1.807, 2.05) is 12.1 Å². The molecule has 0 atom stereocenters. The van der Waals surface area contributed by atoms with Crippen LogP contribution in [0.15, 0.2) is 30.3 Å². The summed E-state index contributed by atoms with van der Waals surface area (Å²) in [6.45, 7) is 4.04. The van der Waals surface area contributed by atoms with Crippen molar-refractivity contribution in [2.24, 2.45) is 0 Å². The van der Waals surface area contributed by atoms with Crippen molar-refractivity contribution >= 4 is 18.1 Å². The maximum Gasteiger partial charge on any atom is 0.410 e. The number of carboxylic acid groups (broad SMARTS) is 1. The van der Waals surface area contributed by atoms with Gasteiger partial charge in [-0.2, -0.15) is 0 Å². The Morgan fingerprint density at radius 2 is 1.90 bits per heavy atom. The Balaban J connectivity index is 2.61. The van der Waals surface area contributed by atoms with E-state index in [0.717, 1.165) is 17.2 Å². The maximum atomic E-state index is 11.6. The molecule has 1 aromatic rings. The molecule has 0 bridgehead atoms. The average molecular weight is 277 g/mol. The minimum absolute atomic E-state index is 0.145. The zero-order valence-electron chi connectivity index (χ0n) is 11.9. The van der Waals surface area contributed by atoms with Gasteiger partial charge in [0.05, 0.1) is 6.10 Å². The Bertz CT molecular complexity index is 491. The molecule has 20 heavy (non-hydrogen) atoms. The Kier molecular flexibility index (Phi) is 5.77. The molecule has 5 heteroatoms. The van der Waals surface area contributed by atoms with Crippen molar-refractivity contribution in [3.05, 3.63) is 41.5 Å². The molecule has 1 N–H and O–H groups in total. The van der Waals surface area contributed by atoms with Gasteiger partial charge in [0, 0.05) is 19.7 Å². The summed E-state index contributed by atoms with van der Waals surface area (Å²) in [6.07, 6.45) is 2.09. The molecule has 1 aromatic carbocycles. The summed E-state index contributed by atoms with van der Waals surface area (Å²) in [5.74, 6) is -0.981. The maximum absolute atomic E-state index is 11.6. The third-order valence-electron chi connectivity index (χ3n) is 2.47. The number of aliphatic carboxylic acids is 1. The zero-order chi connectivity index (χ0) is 15.1. The molecule has 0 fully saturated rings. The molecular formula is C15H19NO4. The summed E-state index contributed by atoms with van der Waals surface area (Å²) in [5, 5.41) is 8.54. The lowest BCUT2D eigenvalue weighted by Crippen LogP contribution is -2.29. The van der Waals surface area contributed by atoms with Gasteiger partial charge >= 0.3 is 12.1 Å². The lowest BCUT2D eigenvalue weighted by molar-refractivity contribution is -0.131. The van der Waals surface area contributed by atoms with Crippen LogP contribution in [-0.4, -0.2) is 35.2 Å². The van der Waals surface area contributed by atoms with Gasteiger partial charge in [0.2, 0.25) is 0 Å².